The summed E-state index contributed by atoms with van der Waals surface area (Å²) in [5, 5.41) is 13.0. The molecule has 9 nitrogen and oxygen atoms in total. The first-order valence-electron chi connectivity index (χ1n) is 7.30. The van der Waals surface area contributed by atoms with E-state index in [-0.39, 0.29) is 16.8 Å². The van der Waals surface area contributed by atoms with Gasteiger partial charge in [0.1, 0.15) is 0 Å². The summed E-state index contributed by atoms with van der Waals surface area (Å²) in [5.41, 5.74) is 0.671. The van der Waals surface area contributed by atoms with Crippen LogP contribution in [0, 0.1) is 10.1 Å². The molecule has 2 aromatic carbocycles. The molecule has 0 spiro atoms. The van der Waals surface area contributed by atoms with E-state index in [1.165, 1.54) is 55.6 Å². The van der Waals surface area contributed by atoms with Gasteiger partial charge in [-0.05, 0) is 36.4 Å². The van der Waals surface area contributed by atoms with Gasteiger partial charge in [-0.1, -0.05) is 0 Å². The van der Waals surface area contributed by atoms with E-state index in [1.807, 2.05) is 0 Å². The van der Waals surface area contributed by atoms with Crippen LogP contribution in [0.15, 0.2) is 48.5 Å². The van der Waals surface area contributed by atoms with Gasteiger partial charge in [0.25, 0.3) is 11.6 Å². The second-order valence-corrected chi connectivity index (χ2v) is 5.00. The second kappa shape index (κ2) is 8.38. The van der Waals surface area contributed by atoms with Crippen molar-refractivity contribution in [3.8, 4) is 0 Å². The number of nitro groups is 1. The monoisotopic (exact) mass is 358 g/mol. The molecule has 26 heavy (non-hydrogen) atoms. The van der Waals surface area contributed by atoms with Gasteiger partial charge in [0, 0.05) is 17.8 Å². The molecule has 0 saturated heterocycles. The molecular formula is C17H14N2O7. The largest absolute Gasteiger partial charge is 0.465 e. The summed E-state index contributed by atoms with van der Waals surface area (Å²) in [6.07, 6.45) is 0. The van der Waals surface area contributed by atoms with Gasteiger partial charge >= 0.3 is 11.9 Å². The number of ether oxygens (including phenoxy) is 2. The summed E-state index contributed by atoms with van der Waals surface area (Å²) in [4.78, 5) is 45.0. The fourth-order valence-corrected chi connectivity index (χ4v) is 1.94. The number of anilines is 1. The number of esters is 2. The fraction of sp³-hybridized carbons (Fsp3) is 0.118. The molecule has 0 bridgehead atoms. The van der Waals surface area contributed by atoms with Crippen LogP contribution in [0.4, 0.5) is 11.4 Å². The Labute approximate surface area is 147 Å². The van der Waals surface area contributed by atoms with Crippen molar-refractivity contribution in [1.29, 1.82) is 0 Å². The molecule has 9 heteroatoms. The number of hydrogen-bond acceptors (Lipinski definition) is 7. The molecule has 0 aliphatic heterocycles. The average molecular weight is 358 g/mol. The van der Waals surface area contributed by atoms with Gasteiger partial charge in [0.05, 0.1) is 23.2 Å². The molecular weight excluding hydrogens is 344 g/mol. The maximum atomic E-state index is 11.9. The van der Waals surface area contributed by atoms with E-state index in [1.54, 1.807) is 0 Å². The first kappa shape index (κ1) is 18.6. The number of amides is 1. The Bertz CT molecular complexity index is 829. The molecule has 0 radical (unpaired) electrons. The molecule has 134 valence electrons. The summed E-state index contributed by atoms with van der Waals surface area (Å²) >= 11 is 0. The smallest absolute Gasteiger partial charge is 0.338 e. The first-order valence-corrected chi connectivity index (χ1v) is 7.30. The van der Waals surface area contributed by atoms with Gasteiger partial charge in [-0.2, -0.15) is 0 Å². The number of hydrogen-bond donors (Lipinski definition) is 1. The number of rotatable bonds is 6. The molecule has 0 aliphatic rings. The lowest BCUT2D eigenvalue weighted by Crippen LogP contribution is -2.21. The lowest BCUT2D eigenvalue weighted by molar-refractivity contribution is -0.384. The van der Waals surface area contributed by atoms with E-state index < -0.39 is 29.4 Å². The average Bonchev–Trinajstić information content (AvgIpc) is 2.66. The van der Waals surface area contributed by atoms with Crippen LogP contribution >= 0.6 is 0 Å². The highest BCUT2D eigenvalue weighted by Gasteiger charge is 2.12. The van der Waals surface area contributed by atoms with E-state index in [4.69, 9.17) is 4.74 Å². The Morgan fingerprint density at radius 1 is 0.962 bits per heavy atom. The van der Waals surface area contributed by atoms with Crippen LogP contribution in [0.1, 0.15) is 20.7 Å². The number of nitrogens with zero attached hydrogens (tertiary/aromatic N) is 1. The van der Waals surface area contributed by atoms with E-state index in [9.17, 15) is 24.5 Å². The molecule has 0 saturated carbocycles. The first-order chi connectivity index (χ1) is 12.4. The minimum atomic E-state index is -0.736. The maximum Gasteiger partial charge on any atom is 0.338 e. The van der Waals surface area contributed by atoms with Gasteiger partial charge in [-0.3, -0.25) is 14.9 Å². The Morgan fingerprint density at radius 2 is 1.50 bits per heavy atom. The van der Waals surface area contributed by atoms with Crippen molar-refractivity contribution in [2.75, 3.05) is 19.0 Å². The minimum absolute atomic E-state index is 0.107. The van der Waals surface area contributed by atoms with Crippen molar-refractivity contribution in [1.82, 2.24) is 0 Å². The molecule has 0 atom stereocenters. The molecule has 0 aromatic heterocycles. The van der Waals surface area contributed by atoms with Crippen LogP contribution in [0.5, 0.6) is 0 Å². The van der Waals surface area contributed by atoms with E-state index in [0.29, 0.717) is 5.69 Å². The van der Waals surface area contributed by atoms with Crippen LogP contribution in [-0.2, 0) is 14.3 Å². The van der Waals surface area contributed by atoms with Crippen molar-refractivity contribution in [3.05, 3.63) is 69.8 Å². The van der Waals surface area contributed by atoms with E-state index in [2.05, 4.69) is 10.1 Å². The highest BCUT2D eigenvalue weighted by atomic mass is 16.6. The zero-order valence-corrected chi connectivity index (χ0v) is 13.6. The number of benzene rings is 2. The zero-order chi connectivity index (χ0) is 19.1. The van der Waals surface area contributed by atoms with Crippen molar-refractivity contribution in [2.24, 2.45) is 0 Å². The van der Waals surface area contributed by atoms with Crippen LogP contribution in [0.25, 0.3) is 0 Å². The molecule has 0 aliphatic carbocycles. The Hall–Kier alpha value is -3.75. The molecule has 2 aromatic rings. The molecule has 1 amide bonds. The number of carbonyl (C=O) groups is 3. The lowest BCUT2D eigenvalue weighted by atomic mass is 10.1. The van der Waals surface area contributed by atoms with Gasteiger partial charge in [-0.25, -0.2) is 9.59 Å². The van der Waals surface area contributed by atoms with Gasteiger partial charge in [-0.15, -0.1) is 0 Å². The fourth-order valence-electron chi connectivity index (χ4n) is 1.94. The molecule has 0 fully saturated rings. The Kier molecular flexibility index (Phi) is 5.99. The summed E-state index contributed by atoms with van der Waals surface area (Å²) < 4.78 is 9.42. The minimum Gasteiger partial charge on any atom is -0.465 e. The predicted molar refractivity (Wildman–Crippen MR) is 89.8 cm³/mol. The van der Waals surface area contributed by atoms with Crippen molar-refractivity contribution < 1.29 is 28.8 Å². The van der Waals surface area contributed by atoms with Crippen LogP contribution in [-0.4, -0.2) is 36.5 Å². The predicted octanol–water partition coefficient (Wildman–Crippen LogP) is 2.18. The van der Waals surface area contributed by atoms with Crippen molar-refractivity contribution in [3.63, 3.8) is 0 Å². The Balaban J connectivity index is 1.87. The second-order valence-electron chi connectivity index (χ2n) is 5.00. The number of methoxy groups -OCH3 is 1. The Morgan fingerprint density at radius 3 is 2.00 bits per heavy atom. The third kappa shape index (κ3) is 4.87. The van der Waals surface area contributed by atoms with Crippen LogP contribution in [0.2, 0.25) is 0 Å². The van der Waals surface area contributed by atoms with Crippen molar-refractivity contribution in [2.45, 2.75) is 0 Å². The number of nitrogens with one attached hydrogen (secondary N) is 1. The summed E-state index contributed by atoms with van der Waals surface area (Å²) in [6.45, 7) is -0.533. The van der Waals surface area contributed by atoms with Gasteiger partial charge < -0.3 is 14.8 Å². The maximum absolute atomic E-state index is 11.9. The highest BCUT2D eigenvalue weighted by molar-refractivity contribution is 5.96. The molecule has 0 heterocycles. The van der Waals surface area contributed by atoms with E-state index >= 15 is 0 Å². The third-order valence-corrected chi connectivity index (χ3v) is 3.24. The molecule has 1 N–H and O–H groups in total. The van der Waals surface area contributed by atoms with Crippen LogP contribution < -0.4 is 5.32 Å². The highest BCUT2D eigenvalue weighted by Crippen LogP contribution is 2.15. The molecule has 2 rings (SSSR count). The number of non-ortho nitro benzene ring substituents is 1. The molecule has 0 unspecified atom stereocenters. The van der Waals surface area contributed by atoms with Gasteiger partial charge in [0.15, 0.2) is 6.61 Å². The standard InChI is InChI=1S/C17H14N2O7/c1-25-16(21)11-2-4-12(5-3-11)17(22)26-10-15(20)18-13-6-8-14(9-7-13)19(23)24/h2-9H,10H2,1H3,(H,18,20). The zero-order valence-electron chi connectivity index (χ0n) is 13.6. The topological polar surface area (TPSA) is 125 Å². The van der Waals surface area contributed by atoms with E-state index in [0.717, 1.165) is 0 Å². The lowest BCUT2D eigenvalue weighted by Gasteiger charge is -2.07. The number of carbonyl (C=O) groups excluding carboxylic acids is 3. The SMILES string of the molecule is COC(=O)c1ccc(C(=O)OCC(=O)Nc2ccc([N+](=O)[O-])cc2)cc1. The van der Waals surface area contributed by atoms with Crippen molar-refractivity contribution >= 4 is 29.2 Å². The number of nitro benzene ring substituents is 1. The quantitative estimate of drug-likeness (QED) is 0.476. The van der Waals surface area contributed by atoms with Crippen LogP contribution in [0.3, 0.4) is 0 Å². The summed E-state index contributed by atoms with van der Waals surface area (Å²) in [7, 11) is 1.24. The third-order valence-electron chi connectivity index (χ3n) is 3.24. The summed E-state index contributed by atoms with van der Waals surface area (Å²) in [5.74, 6) is -1.87. The summed E-state index contributed by atoms with van der Waals surface area (Å²) in [6, 6.07) is 10.8. The van der Waals surface area contributed by atoms with Gasteiger partial charge in [0.2, 0.25) is 0 Å². The normalized spacial score (nSPS) is 9.88.